The first-order valence-electron chi connectivity index (χ1n) is 10.8. The molecule has 0 spiro atoms. The Hall–Kier alpha value is -3.14. The van der Waals surface area contributed by atoms with Crippen LogP contribution >= 0.6 is 0 Å². The number of Topliss-reactive ketones (excluding diaryl/α,β-unsaturated/α-hetero) is 1. The molecule has 0 aromatic heterocycles. The van der Waals surface area contributed by atoms with E-state index in [1.165, 1.54) is 21.1 Å². The fourth-order valence-electron chi connectivity index (χ4n) is 3.56. The van der Waals surface area contributed by atoms with Gasteiger partial charge in [-0.05, 0) is 37.1 Å². The molecule has 0 fully saturated rings. The lowest BCUT2D eigenvalue weighted by Gasteiger charge is -2.25. The Morgan fingerprint density at radius 2 is 1.62 bits per heavy atom. The molecular formula is C25H33NO8. The molecule has 2 rings (SSSR count). The molecule has 0 saturated heterocycles. The summed E-state index contributed by atoms with van der Waals surface area (Å²) in [5.74, 6) is -0.0166. The van der Waals surface area contributed by atoms with Gasteiger partial charge in [0.05, 0.1) is 25.2 Å². The molecule has 1 atom stereocenters. The molecule has 34 heavy (non-hydrogen) atoms. The minimum Gasteiger partial charge on any atom is -0.497 e. The fraction of sp³-hybridized carbons (Fsp3) is 0.440. The van der Waals surface area contributed by atoms with Gasteiger partial charge < -0.3 is 33.7 Å². The SMILES string of the molecule is COCCNC(=O)C(C)c1c(C(C)=O)c(OCOC)cc(OCOC)c1-c1cccc(OC)c1. The van der Waals surface area contributed by atoms with E-state index in [-0.39, 0.29) is 36.6 Å². The van der Waals surface area contributed by atoms with E-state index in [0.29, 0.717) is 41.3 Å². The Morgan fingerprint density at radius 3 is 2.21 bits per heavy atom. The molecule has 1 unspecified atom stereocenters. The zero-order chi connectivity index (χ0) is 25.1. The molecule has 1 N–H and O–H groups in total. The van der Waals surface area contributed by atoms with Crippen LogP contribution in [0.5, 0.6) is 17.2 Å². The Morgan fingerprint density at radius 1 is 0.941 bits per heavy atom. The van der Waals surface area contributed by atoms with Gasteiger partial charge >= 0.3 is 0 Å². The molecule has 0 aliphatic carbocycles. The molecule has 2 aromatic carbocycles. The predicted molar refractivity (Wildman–Crippen MR) is 127 cm³/mol. The quantitative estimate of drug-likeness (QED) is 0.252. The lowest BCUT2D eigenvalue weighted by atomic mass is 9.84. The van der Waals surface area contributed by atoms with Crippen LogP contribution in [0.15, 0.2) is 30.3 Å². The second-order valence-electron chi connectivity index (χ2n) is 7.43. The molecule has 2 aromatic rings. The number of rotatable bonds is 14. The first kappa shape index (κ1) is 27.1. The van der Waals surface area contributed by atoms with E-state index < -0.39 is 5.92 Å². The molecule has 0 aliphatic rings. The number of amides is 1. The molecule has 0 bridgehead atoms. The van der Waals surface area contributed by atoms with Gasteiger partial charge in [0.1, 0.15) is 17.2 Å². The molecule has 1 amide bonds. The van der Waals surface area contributed by atoms with Crippen LogP contribution in [0.1, 0.15) is 35.7 Å². The summed E-state index contributed by atoms with van der Waals surface area (Å²) < 4.78 is 32.2. The third-order valence-corrected chi connectivity index (χ3v) is 5.10. The topological polar surface area (TPSA) is 102 Å². The van der Waals surface area contributed by atoms with Crippen LogP contribution in [-0.2, 0) is 19.0 Å². The van der Waals surface area contributed by atoms with Gasteiger partial charge in [0.2, 0.25) is 5.91 Å². The third kappa shape index (κ3) is 6.69. The van der Waals surface area contributed by atoms with Crippen molar-refractivity contribution in [3.63, 3.8) is 0 Å². The molecule has 186 valence electrons. The largest absolute Gasteiger partial charge is 0.497 e. The maximum atomic E-state index is 13.1. The van der Waals surface area contributed by atoms with E-state index in [9.17, 15) is 9.59 Å². The standard InChI is InChI=1S/C25H33NO8/c1-16(25(28)26-10-11-29-3)22-23(17(2)27)20(33-14-30-4)13-21(34-15-31-5)24(22)18-8-7-9-19(12-18)32-6/h7-9,12-13,16H,10-11,14-15H2,1-6H3,(H,26,28). The van der Waals surface area contributed by atoms with E-state index in [1.54, 1.807) is 27.2 Å². The fourth-order valence-corrected chi connectivity index (χ4v) is 3.56. The summed E-state index contributed by atoms with van der Waals surface area (Å²) in [5.41, 5.74) is 2.02. The number of carbonyl (C=O) groups is 2. The summed E-state index contributed by atoms with van der Waals surface area (Å²) in [6.07, 6.45) is 0. The smallest absolute Gasteiger partial charge is 0.227 e. The van der Waals surface area contributed by atoms with Crippen molar-refractivity contribution in [2.45, 2.75) is 19.8 Å². The van der Waals surface area contributed by atoms with Crippen LogP contribution in [0.25, 0.3) is 11.1 Å². The summed E-state index contributed by atoms with van der Waals surface area (Å²) in [6.45, 7) is 3.72. The number of hydrogen-bond donors (Lipinski definition) is 1. The molecule has 0 saturated carbocycles. The van der Waals surface area contributed by atoms with Crippen molar-refractivity contribution in [2.75, 3.05) is 55.2 Å². The van der Waals surface area contributed by atoms with Crippen LogP contribution in [-0.4, -0.2) is 66.9 Å². The second kappa shape index (κ2) is 13.5. The molecular weight excluding hydrogens is 442 g/mol. The van der Waals surface area contributed by atoms with Crippen LogP contribution in [0.2, 0.25) is 0 Å². The first-order chi connectivity index (χ1) is 16.4. The Labute approximate surface area is 200 Å². The molecule has 9 heteroatoms. The van der Waals surface area contributed by atoms with E-state index in [2.05, 4.69) is 5.32 Å². The van der Waals surface area contributed by atoms with Crippen molar-refractivity contribution in [1.82, 2.24) is 5.32 Å². The van der Waals surface area contributed by atoms with Gasteiger partial charge in [-0.1, -0.05) is 12.1 Å². The van der Waals surface area contributed by atoms with Gasteiger partial charge in [0, 0.05) is 39.5 Å². The van der Waals surface area contributed by atoms with Crippen molar-refractivity contribution >= 4 is 11.7 Å². The molecule has 0 heterocycles. The van der Waals surface area contributed by atoms with Crippen molar-refractivity contribution in [3.05, 3.63) is 41.5 Å². The molecule has 9 nitrogen and oxygen atoms in total. The van der Waals surface area contributed by atoms with E-state index in [4.69, 9.17) is 28.4 Å². The van der Waals surface area contributed by atoms with Gasteiger partial charge in [-0.3, -0.25) is 9.59 Å². The monoisotopic (exact) mass is 475 g/mol. The van der Waals surface area contributed by atoms with Crippen molar-refractivity contribution < 1.29 is 38.0 Å². The molecule has 0 aliphatic heterocycles. The van der Waals surface area contributed by atoms with Gasteiger partial charge in [-0.2, -0.15) is 0 Å². The van der Waals surface area contributed by atoms with Gasteiger partial charge in [0.15, 0.2) is 19.4 Å². The summed E-state index contributed by atoms with van der Waals surface area (Å²) >= 11 is 0. The van der Waals surface area contributed by atoms with E-state index in [1.807, 2.05) is 24.3 Å². The highest BCUT2D eigenvalue weighted by Crippen LogP contribution is 2.45. The number of methoxy groups -OCH3 is 4. The van der Waals surface area contributed by atoms with Crippen molar-refractivity contribution in [3.8, 4) is 28.4 Å². The Balaban J connectivity index is 2.84. The maximum absolute atomic E-state index is 13.1. The van der Waals surface area contributed by atoms with Crippen LogP contribution < -0.4 is 19.5 Å². The highest BCUT2D eigenvalue weighted by Gasteiger charge is 2.30. The minimum absolute atomic E-state index is 0.0477. The Bertz CT molecular complexity index is 976. The zero-order valence-electron chi connectivity index (χ0n) is 20.6. The lowest BCUT2D eigenvalue weighted by Crippen LogP contribution is -2.31. The summed E-state index contributed by atoms with van der Waals surface area (Å²) in [4.78, 5) is 26.0. The lowest BCUT2D eigenvalue weighted by molar-refractivity contribution is -0.122. The van der Waals surface area contributed by atoms with E-state index >= 15 is 0 Å². The molecule has 0 radical (unpaired) electrons. The van der Waals surface area contributed by atoms with Crippen molar-refractivity contribution in [1.29, 1.82) is 0 Å². The van der Waals surface area contributed by atoms with Gasteiger partial charge in [-0.15, -0.1) is 0 Å². The van der Waals surface area contributed by atoms with Crippen molar-refractivity contribution in [2.24, 2.45) is 0 Å². The highest BCUT2D eigenvalue weighted by atomic mass is 16.7. The van der Waals surface area contributed by atoms with Crippen LogP contribution in [0.4, 0.5) is 0 Å². The second-order valence-corrected chi connectivity index (χ2v) is 7.43. The number of ketones is 1. The number of ether oxygens (including phenoxy) is 6. The Kier molecular flexibility index (Phi) is 10.8. The summed E-state index contributed by atoms with van der Waals surface area (Å²) in [7, 11) is 6.11. The average molecular weight is 476 g/mol. The number of nitrogens with one attached hydrogen (secondary N) is 1. The summed E-state index contributed by atoms with van der Waals surface area (Å²) in [5, 5.41) is 2.84. The minimum atomic E-state index is -0.729. The average Bonchev–Trinajstić information content (AvgIpc) is 2.84. The first-order valence-corrected chi connectivity index (χ1v) is 10.8. The number of benzene rings is 2. The zero-order valence-corrected chi connectivity index (χ0v) is 20.6. The van der Waals surface area contributed by atoms with Crippen LogP contribution in [0, 0.1) is 0 Å². The van der Waals surface area contributed by atoms with E-state index in [0.717, 1.165) is 0 Å². The van der Waals surface area contributed by atoms with Gasteiger partial charge in [-0.25, -0.2) is 0 Å². The number of hydrogen-bond acceptors (Lipinski definition) is 8. The maximum Gasteiger partial charge on any atom is 0.227 e. The summed E-state index contributed by atoms with van der Waals surface area (Å²) in [6, 6.07) is 8.91. The normalized spacial score (nSPS) is 11.6. The van der Waals surface area contributed by atoms with Crippen LogP contribution in [0.3, 0.4) is 0 Å². The highest BCUT2D eigenvalue weighted by molar-refractivity contribution is 6.04. The third-order valence-electron chi connectivity index (χ3n) is 5.10. The predicted octanol–water partition coefficient (Wildman–Crippen LogP) is 3.40. The number of carbonyl (C=O) groups excluding carboxylic acids is 2. The van der Waals surface area contributed by atoms with Gasteiger partial charge in [0.25, 0.3) is 0 Å².